The molecule has 1 aromatic rings. The van der Waals surface area contributed by atoms with Crippen molar-refractivity contribution in [3.63, 3.8) is 0 Å². The van der Waals surface area contributed by atoms with Crippen molar-refractivity contribution < 1.29 is 4.74 Å². The van der Waals surface area contributed by atoms with Gasteiger partial charge in [-0.2, -0.15) is 0 Å². The van der Waals surface area contributed by atoms with Crippen LogP contribution in [0.2, 0.25) is 0 Å². The Morgan fingerprint density at radius 2 is 2.00 bits per heavy atom. The van der Waals surface area contributed by atoms with Gasteiger partial charge in [0.2, 0.25) is 5.90 Å². The summed E-state index contributed by atoms with van der Waals surface area (Å²) < 4.78 is 7.36. The van der Waals surface area contributed by atoms with Crippen molar-refractivity contribution in [2.45, 2.75) is 0 Å². The van der Waals surface area contributed by atoms with E-state index in [1.54, 1.807) is 0 Å². The molecule has 0 fully saturated rings. The van der Waals surface area contributed by atoms with E-state index in [2.05, 4.69) is 27.6 Å². The Bertz CT molecular complexity index is 421. The lowest BCUT2D eigenvalue weighted by Crippen LogP contribution is -1.91. The van der Waals surface area contributed by atoms with Crippen molar-refractivity contribution in [2.75, 3.05) is 6.54 Å². The summed E-state index contributed by atoms with van der Waals surface area (Å²) in [4.78, 5) is 4.24. The summed E-state index contributed by atoms with van der Waals surface area (Å²) in [5, 5.41) is 0. The molecule has 2 nitrogen and oxygen atoms in total. The van der Waals surface area contributed by atoms with E-state index in [1.165, 1.54) is 0 Å². The number of hydrogen-bond donors (Lipinski definition) is 0. The van der Waals surface area contributed by atoms with E-state index in [-0.39, 0.29) is 0 Å². The van der Waals surface area contributed by atoms with Gasteiger partial charge in [-0.25, -0.2) is 4.99 Å². The molecule has 0 saturated heterocycles. The van der Waals surface area contributed by atoms with Crippen LogP contribution >= 0.6 is 22.6 Å². The molecule has 1 aromatic carbocycles. The topological polar surface area (TPSA) is 21.6 Å². The SMILES string of the molecule is I/C=C1/CN=C(/C=C/c2ccccc2)O1. The summed E-state index contributed by atoms with van der Waals surface area (Å²) in [5.41, 5.74) is 1.15. The Morgan fingerprint density at radius 3 is 2.67 bits per heavy atom. The number of ether oxygens (including phenoxy) is 1. The second kappa shape index (κ2) is 5.11. The molecule has 0 unspecified atom stereocenters. The van der Waals surface area contributed by atoms with Crippen molar-refractivity contribution in [1.29, 1.82) is 0 Å². The lowest BCUT2D eigenvalue weighted by molar-refractivity contribution is 0.444. The van der Waals surface area contributed by atoms with Crippen molar-refractivity contribution in [2.24, 2.45) is 4.99 Å². The van der Waals surface area contributed by atoms with E-state index in [0.29, 0.717) is 12.4 Å². The maximum absolute atomic E-state index is 5.45. The summed E-state index contributed by atoms with van der Waals surface area (Å²) in [7, 11) is 0. The fourth-order valence-corrected chi connectivity index (χ4v) is 1.55. The van der Waals surface area contributed by atoms with Crippen LogP contribution in [0.15, 0.2) is 51.2 Å². The largest absolute Gasteiger partial charge is 0.441 e. The third-order valence-corrected chi connectivity index (χ3v) is 2.66. The zero-order valence-electron chi connectivity index (χ0n) is 8.06. The van der Waals surface area contributed by atoms with Crippen LogP contribution in [0.5, 0.6) is 0 Å². The Balaban J connectivity index is 2.02. The van der Waals surface area contributed by atoms with Crippen LogP contribution in [0.1, 0.15) is 5.56 Å². The molecule has 1 heterocycles. The average Bonchev–Trinajstić information content (AvgIpc) is 2.76. The van der Waals surface area contributed by atoms with E-state index >= 15 is 0 Å². The Morgan fingerprint density at radius 1 is 1.20 bits per heavy atom. The lowest BCUT2D eigenvalue weighted by atomic mass is 10.2. The molecule has 1 aliphatic rings. The summed E-state index contributed by atoms with van der Waals surface area (Å²) in [6.45, 7) is 0.650. The first-order valence-electron chi connectivity index (χ1n) is 4.63. The molecular formula is C12H10INO. The van der Waals surface area contributed by atoms with Gasteiger partial charge in [0.05, 0.1) is 0 Å². The third kappa shape index (κ3) is 2.92. The van der Waals surface area contributed by atoms with Gasteiger partial charge >= 0.3 is 0 Å². The van der Waals surface area contributed by atoms with E-state index in [9.17, 15) is 0 Å². The van der Waals surface area contributed by atoms with Gasteiger partial charge in [0.15, 0.2) is 0 Å². The van der Waals surface area contributed by atoms with Gasteiger partial charge in [0.25, 0.3) is 0 Å². The van der Waals surface area contributed by atoms with E-state index in [0.717, 1.165) is 11.3 Å². The summed E-state index contributed by atoms with van der Waals surface area (Å²) >= 11 is 2.16. The van der Waals surface area contributed by atoms with Crippen LogP contribution < -0.4 is 0 Å². The van der Waals surface area contributed by atoms with Crippen LogP contribution in [0, 0.1) is 0 Å². The summed E-state index contributed by atoms with van der Waals surface area (Å²) in [6.07, 6.45) is 3.89. The number of hydrogen-bond acceptors (Lipinski definition) is 2. The molecule has 0 radical (unpaired) electrons. The molecule has 0 amide bonds. The van der Waals surface area contributed by atoms with Crippen LogP contribution in [0.25, 0.3) is 6.08 Å². The highest BCUT2D eigenvalue weighted by atomic mass is 127. The van der Waals surface area contributed by atoms with Crippen molar-refractivity contribution in [1.82, 2.24) is 0 Å². The van der Waals surface area contributed by atoms with Crippen molar-refractivity contribution in [3.05, 3.63) is 51.8 Å². The predicted octanol–water partition coefficient (Wildman–Crippen LogP) is 3.40. The molecule has 3 heteroatoms. The molecule has 0 atom stereocenters. The van der Waals surface area contributed by atoms with Crippen LogP contribution in [-0.4, -0.2) is 12.4 Å². The molecule has 0 aliphatic carbocycles. The number of benzene rings is 1. The molecule has 1 aliphatic heterocycles. The van der Waals surface area contributed by atoms with Gasteiger partial charge in [0.1, 0.15) is 12.3 Å². The molecule has 0 spiro atoms. The molecule has 2 rings (SSSR count). The minimum Gasteiger partial charge on any atom is -0.441 e. The van der Waals surface area contributed by atoms with Gasteiger partial charge in [-0.3, -0.25) is 0 Å². The van der Waals surface area contributed by atoms with Gasteiger partial charge in [-0.1, -0.05) is 30.3 Å². The van der Waals surface area contributed by atoms with E-state index in [4.69, 9.17) is 4.74 Å². The Kier molecular flexibility index (Phi) is 3.55. The standard InChI is InChI=1S/C12H10INO/c13-8-11-9-14-12(15-11)7-6-10-4-2-1-3-5-10/h1-8H,9H2/b7-6+,11-8-. The Labute approximate surface area is 103 Å². The molecular weight excluding hydrogens is 301 g/mol. The third-order valence-electron chi connectivity index (χ3n) is 1.97. The highest BCUT2D eigenvalue weighted by Crippen LogP contribution is 2.12. The van der Waals surface area contributed by atoms with Gasteiger partial charge in [-0.05, 0) is 34.2 Å². The minimum atomic E-state index is 0.650. The number of halogens is 1. The monoisotopic (exact) mass is 311 g/mol. The fourth-order valence-electron chi connectivity index (χ4n) is 1.23. The second-order valence-electron chi connectivity index (χ2n) is 3.08. The van der Waals surface area contributed by atoms with E-state index in [1.807, 2.05) is 46.6 Å². The van der Waals surface area contributed by atoms with Crippen LogP contribution in [-0.2, 0) is 4.74 Å². The van der Waals surface area contributed by atoms with Gasteiger partial charge in [0, 0.05) is 10.2 Å². The first-order chi connectivity index (χ1) is 7.38. The summed E-state index contributed by atoms with van der Waals surface area (Å²) in [5.74, 6) is 1.59. The Hall–Kier alpha value is -1.10. The molecule has 0 bridgehead atoms. The molecule has 76 valence electrons. The molecule has 0 saturated carbocycles. The maximum Gasteiger partial charge on any atom is 0.214 e. The molecule has 15 heavy (non-hydrogen) atoms. The first kappa shape index (κ1) is 10.4. The zero-order valence-corrected chi connectivity index (χ0v) is 10.2. The highest BCUT2D eigenvalue weighted by Gasteiger charge is 2.08. The normalized spacial score (nSPS) is 18.2. The van der Waals surface area contributed by atoms with Gasteiger partial charge in [-0.15, -0.1) is 0 Å². The zero-order chi connectivity index (χ0) is 10.5. The molecule has 0 aromatic heterocycles. The smallest absolute Gasteiger partial charge is 0.214 e. The predicted molar refractivity (Wildman–Crippen MR) is 71.0 cm³/mol. The quantitative estimate of drug-likeness (QED) is 0.767. The highest BCUT2D eigenvalue weighted by molar-refractivity contribution is 14.1. The van der Waals surface area contributed by atoms with Crippen LogP contribution in [0.3, 0.4) is 0 Å². The number of rotatable bonds is 2. The number of nitrogens with zero attached hydrogens (tertiary/aromatic N) is 1. The van der Waals surface area contributed by atoms with Crippen LogP contribution in [0.4, 0.5) is 0 Å². The molecule has 0 N–H and O–H groups in total. The lowest BCUT2D eigenvalue weighted by Gasteiger charge is -1.95. The first-order valence-corrected chi connectivity index (χ1v) is 5.88. The summed E-state index contributed by atoms with van der Waals surface area (Å²) in [6, 6.07) is 10.1. The maximum atomic E-state index is 5.45. The van der Waals surface area contributed by atoms with E-state index < -0.39 is 0 Å². The average molecular weight is 311 g/mol. The van der Waals surface area contributed by atoms with Gasteiger partial charge < -0.3 is 4.74 Å². The van der Waals surface area contributed by atoms with Crippen molar-refractivity contribution in [3.8, 4) is 0 Å². The van der Waals surface area contributed by atoms with Crippen molar-refractivity contribution >= 4 is 34.6 Å². The fraction of sp³-hybridized carbons (Fsp3) is 0.0833. The second-order valence-corrected chi connectivity index (χ2v) is 3.70. The number of aliphatic imine (C=N–C) groups is 1. The minimum absolute atomic E-state index is 0.650.